The Bertz CT molecular complexity index is 1340. The Kier molecular flexibility index (Phi) is 4.04. The van der Waals surface area contributed by atoms with Crippen molar-refractivity contribution in [2.75, 3.05) is 0 Å². The predicted molar refractivity (Wildman–Crippen MR) is 123 cm³/mol. The second-order valence-electron chi connectivity index (χ2n) is 10.1. The molecule has 3 heterocycles. The Labute approximate surface area is 186 Å². The van der Waals surface area contributed by atoms with Crippen LogP contribution in [0.25, 0.3) is 21.9 Å². The molecule has 5 nitrogen and oxygen atoms in total. The summed E-state index contributed by atoms with van der Waals surface area (Å²) in [7, 11) is 0. The topological polar surface area (TPSA) is 65.1 Å². The summed E-state index contributed by atoms with van der Waals surface area (Å²) in [5.41, 5.74) is 2.56. The molecule has 3 aromatic heterocycles. The number of fused-ring (bicyclic) bond motifs is 2. The van der Waals surface area contributed by atoms with Crippen LogP contribution in [0.15, 0.2) is 59.4 Å². The van der Waals surface area contributed by atoms with Crippen LogP contribution in [0.2, 0.25) is 0 Å². The molecule has 0 spiro atoms. The van der Waals surface area contributed by atoms with Crippen molar-refractivity contribution in [1.82, 2.24) is 9.55 Å². The predicted octanol–water partition coefficient (Wildman–Crippen LogP) is 5.80. The van der Waals surface area contributed by atoms with Gasteiger partial charge in [0.2, 0.25) is 0 Å². The molecule has 1 aromatic carbocycles. The highest BCUT2D eigenvalue weighted by Gasteiger charge is 2.71. The molecule has 0 N–H and O–H groups in total. The van der Waals surface area contributed by atoms with Crippen molar-refractivity contribution in [3.05, 3.63) is 66.3 Å². The van der Waals surface area contributed by atoms with E-state index in [4.69, 9.17) is 4.42 Å². The van der Waals surface area contributed by atoms with Crippen molar-refractivity contribution < 1.29 is 14.0 Å². The first-order valence-electron chi connectivity index (χ1n) is 11.3. The van der Waals surface area contributed by atoms with Crippen LogP contribution in [0.3, 0.4) is 0 Å². The standard InChI is InChI=1S/C27H26N2O3/c1-17(26-14-27(15-26,16-26)18(2)30)9-23(31)22-12-28-11-20-7-8-29(25(20)22)13-21-10-19-5-3-4-6-24(19)32-21/h3-8,10-12,17H,9,13-16H2,1-2H3. The maximum Gasteiger partial charge on any atom is 0.166 e. The number of hydrogen-bond donors (Lipinski definition) is 0. The van der Waals surface area contributed by atoms with Crippen LogP contribution in [0.5, 0.6) is 0 Å². The number of hydrogen-bond acceptors (Lipinski definition) is 4. The van der Waals surface area contributed by atoms with E-state index in [0.29, 0.717) is 24.3 Å². The molecule has 1 atom stereocenters. The molecule has 162 valence electrons. The summed E-state index contributed by atoms with van der Waals surface area (Å²) >= 11 is 0. The first-order chi connectivity index (χ1) is 15.4. The van der Waals surface area contributed by atoms with E-state index in [1.54, 1.807) is 13.1 Å². The Balaban J connectivity index is 1.26. The molecule has 3 saturated carbocycles. The number of furan rings is 1. The molecule has 32 heavy (non-hydrogen) atoms. The van der Waals surface area contributed by atoms with E-state index in [1.165, 1.54) is 0 Å². The van der Waals surface area contributed by atoms with Crippen molar-refractivity contribution in [3.8, 4) is 0 Å². The fourth-order valence-corrected chi connectivity index (χ4v) is 6.14. The highest BCUT2D eigenvalue weighted by atomic mass is 16.3. The van der Waals surface area contributed by atoms with Gasteiger partial charge in [-0.2, -0.15) is 0 Å². The fourth-order valence-electron chi connectivity index (χ4n) is 6.14. The number of rotatable bonds is 7. The summed E-state index contributed by atoms with van der Waals surface area (Å²) in [6.07, 6.45) is 8.86. The van der Waals surface area contributed by atoms with Gasteiger partial charge in [0.1, 0.15) is 17.1 Å². The number of aromatic nitrogens is 2. The van der Waals surface area contributed by atoms with Crippen molar-refractivity contribution >= 4 is 33.4 Å². The van der Waals surface area contributed by atoms with Crippen molar-refractivity contribution in [2.45, 2.75) is 46.1 Å². The second-order valence-corrected chi connectivity index (χ2v) is 10.1. The lowest BCUT2D eigenvalue weighted by Gasteiger charge is -2.72. The van der Waals surface area contributed by atoms with E-state index >= 15 is 0 Å². The van der Waals surface area contributed by atoms with E-state index in [2.05, 4.69) is 22.5 Å². The Morgan fingerprint density at radius 3 is 2.66 bits per heavy atom. The molecule has 1 unspecified atom stereocenters. The largest absolute Gasteiger partial charge is 0.459 e. The van der Waals surface area contributed by atoms with Crippen molar-refractivity contribution in [1.29, 1.82) is 0 Å². The van der Waals surface area contributed by atoms with E-state index in [9.17, 15) is 9.59 Å². The van der Waals surface area contributed by atoms with Crippen LogP contribution in [-0.2, 0) is 11.3 Å². The molecule has 4 aromatic rings. The maximum atomic E-state index is 13.4. The van der Waals surface area contributed by atoms with Gasteiger partial charge in [-0.25, -0.2) is 0 Å². The quantitative estimate of drug-likeness (QED) is 0.350. The Morgan fingerprint density at radius 1 is 1.12 bits per heavy atom. The zero-order valence-corrected chi connectivity index (χ0v) is 18.4. The first kappa shape index (κ1) is 19.5. The Morgan fingerprint density at radius 2 is 1.91 bits per heavy atom. The lowest BCUT2D eigenvalue weighted by molar-refractivity contribution is -0.223. The monoisotopic (exact) mass is 426 g/mol. The van der Waals surface area contributed by atoms with Crippen molar-refractivity contribution in [2.24, 2.45) is 16.7 Å². The van der Waals surface area contributed by atoms with E-state index in [0.717, 1.165) is 46.9 Å². The van der Waals surface area contributed by atoms with E-state index in [1.807, 2.05) is 42.7 Å². The number of para-hydroxylation sites is 1. The van der Waals surface area contributed by atoms with Gasteiger partial charge in [-0.3, -0.25) is 14.6 Å². The molecule has 2 bridgehead atoms. The van der Waals surface area contributed by atoms with Crippen LogP contribution >= 0.6 is 0 Å². The minimum Gasteiger partial charge on any atom is -0.459 e. The van der Waals surface area contributed by atoms with Gasteiger partial charge in [0, 0.05) is 41.2 Å². The molecule has 5 heteroatoms. The molecular formula is C27H26N2O3. The van der Waals surface area contributed by atoms with Gasteiger partial charge in [-0.1, -0.05) is 25.1 Å². The zero-order valence-electron chi connectivity index (χ0n) is 18.4. The van der Waals surface area contributed by atoms with Crippen LogP contribution in [0.4, 0.5) is 0 Å². The number of carbonyl (C=O) groups is 2. The van der Waals surface area contributed by atoms with Crippen LogP contribution in [-0.4, -0.2) is 21.1 Å². The molecule has 3 aliphatic carbocycles. The number of nitrogens with zero attached hydrogens (tertiary/aromatic N) is 2. The summed E-state index contributed by atoms with van der Waals surface area (Å²) in [5.74, 6) is 1.57. The summed E-state index contributed by atoms with van der Waals surface area (Å²) in [5, 5.41) is 2.04. The van der Waals surface area contributed by atoms with Gasteiger partial charge < -0.3 is 8.98 Å². The molecule has 0 saturated heterocycles. The lowest BCUT2D eigenvalue weighted by Crippen LogP contribution is -2.67. The summed E-state index contributed by atoms with van der Waals surface area (Å²) in [4.78, 5) is 29.6. The Hall–Kier alpha value is -3.21. The minimum absolute atomic E-state index is 0.0693. The smallest absolute Gasteiger partial charge is 0.166 e. The highest BCUT2D eigenvalue weighted by Crippen LogP contribution is 2.76. The summed E-state index contributed by atoms with van der Waals surface area (Å²) in [6, 6.07) is 12.0. The van der Waals surface area contributed by atoms with E-state index in [-0.39, 0.29) is 22.5 Å². The average Bonchev–Trinajstić information content (AvgIpc) is 3.29. The molecule has 0 radical (unpaired) electrons. The van der Waals surface area contributed by atoms with E-state index < -0.39 is 0 Å². The molecule has 7 rings (SSSR count). The second kappa shape index (κ2) is 6.64. The van der Waals surface area contributed by atoms with Gasteiger partial charge in [-0.15, -0.1) is 0 Å². The molecule has 0 amide bonds. The van der Waals surface area contributed by atoms with Gasteiger partial charge in [0.15, 0.2) is 5.78 Å². The SMILES string of the molecule is CC(=O)C12CC(C(C)CC(=O)c3cncc4ccn(Cc5cc6ccccc6o5)c34)(C1)C2. The summed E-state index contributed by atoms with van der Waals surface area (Å²) in [6.45, 7) is 4.44. The number of carbonyl (C=O) groups excluding carboxylic acids is 2. The fraction of sp³-hybridized carbons (Fsp3) is 0.370. The van der Waals surface area contributed by atoms with Gasteiger partial charge in [-0.05, 0) is 55.7 Å². The number of pyridine rings is 1. The average molecular weight is 427 g/mol. The number of ketones is 2. The van der Waals surface area contributed by atoms with Gasteiger partial charge in [0.05, 0.1) is 17.6 Å². The number of Topliss-reactive ketones (excluding diaryl/α,β-unsaturated/α-hetero) is 2. The minimum atomic E-state index is -0.0693. The van der Waals surface area contributed by atoms with Crippen LogP contribution in [0, 0.1) is 16.7 Å². The third kappa shape index (κ3) is 2.73. The van der Waals surface area contributed by atoms with Crippen LogP contribution < -0.4 is 0 Å². The summed E-state index contributed by atoms with van der Waals surface area (Å²) < 4.78 is 8.09. The zero-order chi connectivity index (χ0) is 22.1. The maximum absolute atomic E-state index is 13.4. The molecule has 3 fully saturated rings. The highest BCUT2D eigenvalue weighted by molar-refractivity contribution is 6.06. The van der Waals surface area contributed by atoms with Crippen LogP contribution in [0.1, 0.15) is 55.6 Å². The lowest BCUT2D eigenvalue weighted by atomic mass is 9.31. The number of benzene rings is 1. The third-order valence-corrected chi connectivity index (χ3v) is 8.13. The molecule has 0 aliphatic heterocycles. The molecular weight excluding hydrogens is 400 g/mol. The van der Waals surface area contributed by atoms with Crippen molar-refractivity contribution in [3.63, 3.8) is 0 Å². The molecule has 3 aliphatic rings. The third-order valence-electron chi connectivity index (χ3n) is 8.13. The van der Waals surface area contributed by atoms with Gasteiger partial charge >= 0.3 is 0 Å². The van der Waals surface area contributed by atoms with Gasteiger partial charge in [0.25, 0.3) is 0 Å². The first-order valence-corrected chi connectivity index (χ1v) is 11.3. The normalized spacial score (nSPS) is 24.8.